The van der Waals surface area contributed by atoms with Crippen molar-refractivity contribution in [3.05, 3.63) is 44.9 Å². The highest BCUT2D eigenvalue weighted by Crippen LogP contribution is 2.25. The molecule has 1 aromatic carbocycles. The van der Waals surface area contributed by atoms with Crippen LogP contribution in [0.1, 0.15) is 4.88 Å². The van der Waals surface area contributed by atoms with Gasteiger partial charge in [0.15, 0.2) is 0 Å². The topological polar surface area (TPSA) is 140 Å². The van der Waals surface area contributed by atoms with Gasteiger partial charge in [0.05, 0.1) is 16.1 Å². The number of hydrogen-bond donors (Lipinski definition) is 3. The Morgan fingerprint density at radius 2 is 2.19 bits per heavy atom. The molecule has 1 heterocycles. The lowest BCUT2D eigenvalue weighted by Gasteiger charge is -2.10. The number of hydrogen-bond acceptors (Lipinski definition) is 8. The lowest BCUT2D eigenvalue weighted by atomic mass is 10.3. The molecule has 0 bridgehead atoms. The summed E-state index contributed by atoms with van der Waals surface area (Å²) in [5, 5.41) is 10.7. The highest BCUT2D eigenvalue weighted by molar-refractivity contribution is 7.89. The smallest absolute Gasteiger partial charge is 0.271 e. The van der Waals surface area contributed by atoms with E-state index in [2.05, 4.69) is 15.1 Å². The summed E-state index contributed by atoms with van der Waals surface area (Å²) in [6.07, 6.45) is 1.55. The fraction of sp³-hybridized carbons (Fsp3) is 0.100. The van der Waals surface area contributed by atoms with Gasteiger partial charge >= 0.3 is 0 Å². The number of hydrazine groups is 1. The molecule has 0 amide bonds. The quantitative estimate of drug-likeness (QED) is 0.404. The molecule has 0 spiro atoms. The number of benzene rings is 1. The van der Waals surface area contributed by atoms with Gasteiger partial charge in [-0.1, -0.05) is 0 Å². The van der Waals surface area contributed by atoms with E-state index in [0.29, 0.717) is 0 Å². The SMILES string of the molecule is NNc1cc([N+](=O)[O-])ccc1S(=O)(=O)NCc1cncs1. The number of nitrogen functional groups attached to an aromatic ring is 1. The van der Waals surface area contributed by atoms with Gasteiger partial charge in [-0.2, -0.15) is 0 Å². The van der Waals surface area contributed by atoms with Gasteiger partial charge < -0.3 is 5.43 Å². The summed E-state index contributed by atoms with van der Waals surface area (Å²) in [4.78, 5) is 14.4. The van der Waals surface area contributed by atoms with Crippen LogP contribution in [-0.4, -0.2) is 18.3 Å². The largest absolute Gasteiger partial charge is 0.323 e. The maximum atomic E-state index is 12.2. The first-order valence-electron chi connectivity index (χ1n) is 5.56. The minimum atomic E-state index is -3.86. The van der Waals surface area contributed by atoms with E-state index in [4.69, 9.17) is 5.84 Å². The zero-order valence-corrected chi connectivity index (χ0v) is 12.1. The molecule has 0 aliphatic rings. The molecule has 2 rings (SSSR count). The van der Waals surface area contributed by atoms with Crippen LogP contribution in [0.15, 0.2) is 34.8 Å². The first-order valence-corrected chi connectivity index (χ1v) is 7.92. The number of nitro benzene ring substituents is 1. The van der Waals surface area contributed by atoms with Crippen molar-refractivity contribution in [2.75, 3.05) is 5.43 Å². The number of sulfonamides is 1. The molecular weight excluding hydrogens is 318 g/mol. The third-order valence-electron chi connectivity index (χ3n) is 2.54. The second-order valence-corrected chi connectivity index (χ2v) is 6.58. The molecule has 0 fully saturated rings. The van der Waals surface area contributed by atoms with E-state index in [9.17, 15) is 18.5 Å². The normalized spacial score (nSPS) is 11.3. The molecule has 0 aliphatic heterocycles. The summed E-state index contributed by atoms with van der Waals surface area (Å²) in [5.41, 5.74) is 3.43. The zero-order valence-electron chi connectivity index (χ0n) is 10.5. The predicted molar refractivity (Wildman–Crippen MR) is 77.0 cm³/mol. The van der Waals surface area contributed by atoms with E-state index in [1.807, 2.05) is 0 Å². The highest BCUT2D eigenvalue weighted by Gasteiger charge is 2.21. The van der Waals surface area contributed by atoms with E-state index in [1.165, 1.54) is 11.3 Å². The van der Waals surface area contributed by atoms with Crippen molar-refractivity contribution >= 4 is 32.7 Å². The molecule has 0 saturated heterocycles. The summed E-state index contributed by atoms with van der Waals surface area (Å²) in [6.45, 7) is 0.0774. The molecule has 0 aliphatic carbocycles. The van der Waals surface area contributed by atoms with Crippen LogP contribution >= 0.6 is 11.3 Å². The molecule has 0 radical (unpaired) electrons. The number of nitrogens with two attached hydrogens (primary N) is 1. The molecule has 1 aromatic heterocycles. The summed E-state index contributed by atoms with van der Waals surface area (Å²) in [6, 6.07) is 3.28. The third kappa shape index (κ3) is 3.52. The van der Waals surface area contributed by atoms with Crippen LogP contribution in [0.25, 0.3) is 0 Å². The summed E-state index contributed by atoms with van der Waals surface area (Å²) < 4.78 is 26.8. The van der Waals surface area contributed by atoms with Crippen molar-refractivity contribution in [2.45, 2.75) is 11.4 Å². The molecule has 11 heteroatoms. The molecule has 0 atom stereocenters. The number of aromatic nitrogens is 1. The second-order valence-electron chi connectivity index (χ2n) is 3.87. The number of rotatable bonds is 6. The van der Waals surface area contributed by atoms with E-state index in [-0.39, 0.29) is 22.8 Å². The number of thiazole rings is 1. The molecule has 21 heavy (non-hydrogen) atoms. The lowest BCUT2D eigenvalue weighted by molar-refractivity contribution is -0.384. The van der Waals surface area contributed by atoms with Crippen molar-refractivity contribution in [1.29, 1.82) is 0 Å². The highest BCUT2D eigenvalue weighted by atomic mass is 32.2. The standard InChI is InChI=1S/C10H11N5O4S2/c11-14-9-3-7(15(16)17)1-2-10(9)21(18,19)13-5-8-4-12-6-20-8/h1-4,6,13-14H,5,11H2. The van der Waals surface area contributed by atoms with Gasteiger partial charge in [0.2, 0.25) is 10.0 Å². The minimum Gasteiger partial charge on any atom is -0.323 e. The van der Waals surface area contributed by atoms with Crippen molar-refractivity contribution in [2.24, 2.45) is 5.84 Å². The van der Waals surface area contributed by atoms with Gasteiger partial charge in [-0.05, 0) is 6.07 Å². The summed E-state index contributed by atoms with van der Waals surface area (Å²) in [7, 11) is -3.86. The zero-order chi connectivity index (χ0) is 15.5. The first-order chi connectivity index (χ1) is 9.94. The Kier molecular flexibility index (Phi) is 4.47. The number of nitrogens with one attached hydrogen (secondary N) is 2. The monoisotopic (exact) mass is 329 g/mol. The van der Waals surface area contributed by atoms with E-state index in [1.54, 1.807) is 11.7 Å². The van der Waals surface area contributed by atoms with E-state index in [0.717, 1.165) is 23.1 Å². The lowest BCUT2D eigenvalue weighted by Crippen LogP contribution is -2.24. The van der Waals surface area contributed by atoms with Gasteiger partial charge in [-0.15, -0.1) is 11.3 Å². The number of non-ortho nitro benzene ring substituents is 1. The van der Waals surface area contributed by atoms with Crippen LogP contribution < -0.4 is 16.0 Å². The average Bonchev–Trinajstić information content (AvgIpc) is 2.97. The Bertz CT molecular complexity index is 745. The molecule has 0 unspecified atom stereocenters. The third-order valence-corrected chi connectivity index (χ3v) is 4.78. The maximum absolute atomic E-state index is 12.2. The van der Waals surface area contributed by atoms with Crippen LogP contribution in [0.4, 0.5) is 11.4 Å². The predicted octanol–water partition coefficient (Wildman–Crippen LogP) is 0.815. The number of anilines is 1. The Balaban J connectivity index is 2.28. The van der Waals surface area contributed by atoms with Crippen LogP contribution in [0.2, 0.25) is 0 Å². The van der Waals surface area contributed by atoms with E-state index < -0.39 is 14.9 Å². The Hall–Kier alpha value is -2.08. The van der Waals surface area contributed by atoms with Gasteiger partial charge in [-0.25, -0.2) is 13.1 Å². The Morgan fingerprint density at radius 3 is 2.76 bits per heavy atom. The van der Waals surface area contributed by atoms with Gasteiger partial charge in [0.25, 0.3) is 5.69 Å². The molecule has 0 saturated carbocycles. The summed E-state index contributed by atoms with van der Waals surface area (Å²) in [5.74, 6) is 5.23. The fourth-order valence-electron chi connectivity index (χ4n) is 1.55. The van der Waals surface area contributed by atoms with Gasteiger partial charge in [0, 0.05) is 29.8 Å². The second kappa shape index (κ2) is 6.13. The maximum Gasteiger partial charge on any atom is 0.271 e. The van der Waals surface area contributed by atoms with Gasteiger partial charge in [-0.3, -0.25) is 20.9 Å². The van der Waals surface area contributed by atoms with Crippen LogP contribution in [0.3, 0.4) is 0 Å². The molecule has 4 N–H and O–H groups in total. The Labute approximate surface area is 124 Å². The molecular formula is C10H11N5O4S2. The van der Waals surface area contributed by atoms with Crippen LogP contribution in [-0.2, 0) is 16.6 Å². The van der Waals surface area contributed by atoms with Gasteiger partial charge in [0.1, 0.15) is 4.90 Å². The van der Waals surface area contributed by atoms with Crippen molar-refractivity contribution in [3.8, 4) is 0 Å². The van der Waals surface area contributed by atoms with Crippen molar-refractivity contribution < 1.29 is 13.3 Å². The van der Waals surface area contributed by atoms with Crippen LogP contribution in [0.5, 0.6) is 0 Å². The Morgan fingerprint density at radius 1 is 1.43 bits per heavy atom. The molecule has 112 valence electrons. The first kappa shape index (κ1) is 15.3. The van der Waals surface area contributed by atoms with Crippen molar-refractivity contribution in [3.63, 3.8) is 0 Å². The average molecular weight is 329 g/mol. The number of nitro groups is 1. The minimum absolute atomic E-state index is 0.0546. The van der Waals surface area contributed by atoms with Crippen LogP contribution in [0, 0.1) is 10.1 Å². The molecule has 9 nitrogen and oxygen atoms in total. The van der Waals surface area contributed by atoms with Crippen molar-refractivity contribution in [1.82, 2.24) is 9.71 Å². The molecule has 2 aromatic rings. The summed E-state index contributed by atoms with van der Waals surface area (Å²) >= 11 is 1.31. The fourth-order valence-corrected chi connectivity index (χ4v) is 3.33. The van der Waals surface area contributed by atoms with E-state index >= 15 is 0 Å². The number of nitrogens with zero attached hydrogens (tertiary/aromatic N) is 2.